The van der Waals surface area contributed by atoms with Gasteiger partial charge in [-0.2, -0.15) is 5.10 Å². The molecule has 2 heterocycles. The number of aliphatic hydroxyl groups is 1. The first kappa shape index (κ1) is 9.21. The Morgan fingerprint density at radius 2 is 2.36 bits per heavy atom. The van der Waals surface area contributed by atoms with E-state index in [1.165, 1.54) is 0 Å². The molecule has 1 fully saturated rings. The van der Waals surface area contributed by atoms with Gasteiger partial charge in [0.05, 0.1) is 6.10 Å². The molecule has 1 amide bonds. The maximum Gasteiger partial charge on any atom is 0.247 e. The lowest BCUT2D eigenvalue weighted by Crippen LogP contribution is -2.55. The van der Waals surface area contributed by atoms with Crippen LogP contribution in [-0.4, -0.2) is 44.9 Å². The summed E-state index contributed by atoms with van der Waals surface area (Å²) in [4.78, 5) is 13.4. The molecule has 76 valence electrons. The third kappa shape index (κ3) is 1.50. The molecule has 1 aromatic heterocycles. The van der Waals surface area contributed by atoms with Crippen molar-refractivity contribution < 1.29 is 9.90 Å². The van der Waals surface area contributed by atoms with E-state index in [9.17, 15) is 4.79 Å². The second-order valence-corrected chi connectivity index (χ2v) is 3.56. The quantitative estimate of drug-likeness (QED) is 0.701. The highest BCUT2D eigenvalue weighted by molar-refractivity contribution is 5.80. The average molecular weight is 195 g/mol. The van der Waals surface area contributed by atoms with Crippen LogP contribution in [0, 0.1) is 0 Å². The summed E-state index contributed by atoms with van der Waals surface area (Å²) in [5.41, 5.74) is 0. The van der Waals surface area contributed by atoms with Crippen LogP contribution in [-0.2, 0) is 4.79 Å². The Morgan fingerprint density at radius 3 is 2.86 bits per heavy atom. The summed E-state index contributed by atoms with van der Waals surface area (Å²) in [5.74, 6) is 0.0130. The molecule has 5 heteroatoms. The van der Waals surface area contributed by atoms with Gasteiger partial charge in [-0.25, -0.2) is 0 Å². The van der Waals surface area contributed by atoms with E-state index in [1.807, 2.05) is 0 Å². The number of aliphatic hydroxyl groups excluding tert-OH is 1. The fourth-order valence-electron chi connectivity index (χ4n) is 1.52. The highest BCUT2D eigenvalue weighted by Gasteiger charge is 2.32. The fraction of sp³-hybridized carbons (Fsp3) is 0.556. The van der Waals surface area contributed by atoms with Gasteiger partial charge < -0.3 is 10.0 Å². The smallest absolute Gasteiger partial charge is 0.247 e. The number of rotatable bonds is 2. The second-order valence-electron chi connectivity index (χ2n) is 3.56. The van der Waals surface area contributed by atoms with E-state index in [0.717, 1.165) is 0 Å². The molecule has 1 N–H and O–H groups in total. The van der Waals surface area contributed by atoms with Crippen LogP contribution in [0.5, 0.6) is 0 Å². The molecular formula is C9H13N3O2. The predicted molar refractivity (Wildman–Crippen MR) is 49.5 cm³/mol. The molecule has 1 aromatic rings. The molecule has 0 aromatic carbocycles. The first-order chi connectivity index (χ1) is 6.68. The van der Waals surface area contributed by atoms with Gasteiger partial charge in [0, 0.05) is 25.5 Å². The molecule has 2 rings (SSSR count). The Morgan fingerprint density at radius 1 is 1.64 bits per heavy atom. The maximum absolute atomic E-state index is 11.7. The first-order valence-corrected chi connectivity index (χ1v) is 4.64. The molecule has 0 unspecified atom stereocenters. The molecule has 1 saturated heterocycles. The number of β-amino-alcohol motifs (C(OH)–C–C–N with tert-alkyl or cyclic N) is 1. The summed E-state index contributed by atoms with van der Waals surface area (Å²) in [6.45, 7) is 2.70. The number of hydrogen-bond donors (Lipinski definition) is 1. The van der Waals surface area contributed by atoms with Crippen molar-refractivity contribution in [1.29, 1.82) is 0 Å². The van der Waals surface area contributed by atoms with Gasteiger partial charge in [0.1, 0.15) is 6.04 Å². The molecule has 14 heavy (non-hydrogen) atoms. The second kappa shape index (κ2) is 3.42. The first-order valence-electron chi connectivity index (χ1n) is 4.64. The third-order valence-electron chi connectivity index (χ3n) is 2.45. The minimum absolute atomic E-state index is 0.0130. The molecular weight excluding hydrogens is 182 g/mol. The summed E-state index contributed by atoms with van der Waals surface area (Å²) in [5, 5.41) is 13.1. The standard InChI is InChI=1S/C9H13N3O2/c1-7(12-4-2-3-10-12)9(14)11-5-8(13)6-11/h2-4,7-8,13H,5-6H2,1H3/t7-/m0/s1. The molecule has 0 saturated carbocycles. The van der Waals surface area contributed by atoms with E-state index in [1.54, 1.807) is 35.0 Å². The molecule has 0 radical (unpaired) electrons. The number of amides is 1. The Bertz CT molecular complexity index is 317. The lowest BCUT2D eigenvalue weighted by molar-refractivity contribution is -0.144. The van der Waals surface area contributed by atoms with Gasteiger partial charge in [-0.15, -0.1) is 0 Å². The number of carbonyl (C=O) groups excluding carboxylic acids is 1. The Balaban J connectivity index is 1.99. The summed E-state index contributed by atoms with van der Waals surface area (Å²) < 4.78 is 1.62. The van der Waals surface area contributed by atoms with Crippen molar-refractivity contribution in [3.05, 3.63) is 18.5 Å². The van der Waals surface area contributed by atoms with Crippen molar-refractivity contribution in [3.8, 4) is 0 Å². The van der Waals surface area contributed by atoms with Crippen molar-refractivity contribution in [1.82, 2.24) is 14.7 Å². The number of aromatic nitrogens is 2. The van der Waals surface area contributed by atoms with Crippen LogP contribution < -0.4 is 0 Å². The van der Waals surface area contributed by atoms with Gasteiger partial charge in [0.15, 0.2) is 0 Å². The summed E-state index contributed by atoms with van der Waals surface area (Å²) >= 11 is 0. The third-order valence-corrected chi connectivity index (χ3v) is 2.45. The summed E-state index contributed by atoms with van der Waals surface area (Å²) in [6, 6.07) is 1.51. The van der Waals surface area contributed by atoms with Crippen molar-refractivity contribution in [3.63, 3.8) is 0 Å². The zero-order chi connectivity index (χ0) is 10.1. The van der Waals surface area contributed by atoms with Gasteiger partial charge in [0.25, 0.3) is 0 Å². The molecule has 0 aliphatic carbocycles. The van der Waals surface area contributed by atoms with Gasteiger partial charge >= 0.3 is 0 Å². The largest absolute Gasteiger partial charge is 0.389 e. The predicted octanol–water partition coefficient (Wildman–Crippen LogP) is -0.353. The average Bonchev–Trinajstić information content (AvgIpc) is 2.63. The Hall–Kier alpha value is -1.36. The molecule has 5 nitrogen and oxygen atoms in total. The normalized spacial score (nSPS) is 19.1. The summed E-state index contributed by atoms with van der Waals surface area (Å²) in [6.07, 6.45) is 3.07. The minimum atomic E-state index is -0.344. The van der Waals surface area contributed by atoms with Crippen molar-refractivity contribution in [2.45, 2.75) is 19.1 Å². The molecule has 0 spiro atoms. The van der Waals surface area contributed by atoms with Crippen LogP contribution in [0.1, 0.15) is 13.0 Å². The van der Waals surface area contributed by atoms with E-state index in [4.69, 9.17) is 5.11 Å². The van der Waals surface area contributed by atoms with Crippen molar-refractivity contribution >= 4 is 5.91 Å². The number of hydrogen-bond acceptors (Lipinski definition) is 3. The molecule has 1 aliphatic rings. The Labute approximate surface area is 81.9 Å². The van der Waals surface area contributed by atoms with Crippen LogP contribution in [0.15, 0.2) is 18.5 Å². The fourth-order valence-corrected chi connectivity index (χ4v) is 1.52. The van der Waals surface area contributed by atoms with E-state index in [0.29, 0.717) is 13.1 Å². The van der Waals surface area contributed by atoms with E-state index < -0.39 is 0 Å². The Kier molecular flexibility index (Phi) is 2.25. The molecule has 1 atom stereocenters. The topological polar surface area (TPSA) is 58.4 Å². The van der Waals surface area contributed by atoms with E-state index in [-0.39, 0.29) is 18.1 Å². The highest BCUT2D eigenvalue weighted by atomic mass is 16.3. The summed E-state index contributed by atoms with van der Waals surface area (Å²) in [7, 11) is 0. The van der Waals surface area contributed by atoms with Crippen LogP contribution in [0.25, 0.3) is 0 Å². The zero-order valence-corrected chi connectivity index (χ0v) is 8.00. The maximum atomic E-state index is 11.7. The zero-order valence-electron chi connectivity index (χ0n) is 8.00. The van der Waals surface area contributed by atoms with Crippen molar-refractivity contribution in [2.75, 3.05) is 13.1 Å². The van der Waals surface area contributed by atoms with Crippen LogP contribution in [0.2, 0.25) is 0 Å². The van der Waals surface area contributed by atoms with Crippen molar-refractivity contribution in [2.24, 2.45) is 0 Å². The van der Waals surface area contributed by atoms with Gasteiger partial charge in [-0.1, -0.05) is 0 Å². The highest BCUT2D eigenvalue weighted by Crippen LogP contribution is 2.14. The molecule has 0 bridgehead atoms. The number of nitrogens with zero attached hydrogens (tertiary/aromatic N) is 3. The van der Waals surface area contributed by atoms with Crippen LogP contribution in [0.3, 0.4) is 0 Å². The minimum Gasteiger partial charge on any atom is -0.389 e. The van der Waals surface area contributed by atoms with E-state index >= 15 is 0 Å². The van der Waals surface area contributed by atoms with Crippen LogP contribution >= 0.6 is 0 Å². The van der Waals surface area contributed by atoms with Gasteiger partial charge in [-0.3, -0.25) is 9.48 Å². The van der Waals surface area contributed by atoms with Gasteiger partial charge in [0.2, 0.25) is 5.91 Å². The monoisotopic (exact) mass is 195 g/mol. The van der Waals surface area contributed by atoms with Gasteiger partial charge in [-0.05, 0) is 13.0 Å². The lowest BCUT2D eigenvalue weighted by Gasteiger charge is -2.37. The molecule has 1 aliphatic heterocycles. The number of likely N-dealkylation sites (tertiary alicyclic amines) is 1. The number of carbonyl (C=O) groups is 1. The SMILES string of the molecule is C[C@@H](C(=O)N1CC(O)C1)n1cccn1. The lowest BCUT2D eigenvalue weighted by atomic mass is 10.1. The van der Waals surface area contributed by atoms with Crippen LogP contribution in [0.4, 0.5) is 0 Å². The van der Waals surface area contributed by atoms with E-state index in [2.05, 4.69) is 5.10 Å².